The predicted octanol–water partition coefficient (Wildman–Crippen LogP) is 6.82. The van der Waals surface area contributed by atoms with Crippen LogP contribution >= 0.6 is 0 Å². The standard InChI is InChI=1S/C25H28O/c1-20(2)10-9-11-21(3)16-18-23-14-7-8-15-24(23)25(26)19-17-22-12-5-4-6-13-22/h4-8,10,12-17,19H,9,11,18H2,1-3H3/b19-17?,21-16+. The topological polar surface area (TPSA) is 17.1 Å². The highest BCUT2D eigenvalue weighted by Gasteiger charge is 2.07. The zero-order valence-corrected chi connectivity index (χ0v) is 16.0. The summed E-state index contributed by atoms with van der Waals surface area (Å²) >= 11 is 0. The van der Waals surface area contributed by atoms with E-state index < -0.39 is 0 Å². The van der Waals surface area contributed by atoms with Crippen molar-refractivity contribution >= 4 is 11.9 Å². The molecule has 2 rings (SSSR count). The molecule has 1 nitrogen and oxygen atoms in total. The molecule has 0 bridgehead atoms. The number of carbonyl (C=O) groups is 1. The van der Waals surface area contributed by atoms with E-state index >= 15 is 0 Å². The fourth-order valence-electron chi connectivity index (χ4n) is 2.74. The van der Waals surface area contributed by atoms with Crippen LogP contribution in [0.25, 0.3) is 6.08 Å². The van der Waals surface area contributed by atoms with E-state index in [-0.39, 0.29) is 5.78 Å². The lowest BCUT2D eigenvalue weighted by Gasteiger charge is -2.06. The van der Waals surface area contributed by atoms with Gasteiger partial charge in [0.05, 0.1) is 0 Å². The van der Waals surface area contributed by atoms with Gasteiger partial charge in [-0.3, -0.25) is 4.79 Å². The Balaban J connectivity index is 2.06. The van der Waals surface area contributed by atoms with Gasteiger partial charge in [-0.15, -0.1) is 0 Å². The Labute approximate surface area is 157 Å². The van der Waals surface area contributed by atoms with Crippen molar-refractivity contribution in [1.29, 1.82) is 0 Å². The van der Waals surface area contributed by atoms with Crippen LogP contribution in [0.15, 0.2) is 84.0 Å². The lowest BCUT2D eigenvalue weighted by atomic mass is 9.98. The molecule has 0 aliphatic heterocycles. The first-order chi connectivity index (χ1) is 12.6. The SMILES string of the molecule is CC(C)=CCC/C(C)=C/Cc1ccccc1C(=O)C=Cc1ccccc1. The Morgan fingerprint density at radius 3 is 2.31 bits per heavy atom. The molecule has 134 valence electrons. The molecule has 2 aromatic carbocycles. The summed E-state index contributed by atoms with van der Waals surface area (Å²) in [5.41, 5.74) is 5.63. The third kappa shape index (κ3) is 6.68. The lowest BCUT2D eigenvalue weighted by Crippen LogP contribution is -2.00. The minimum absolute atomic E-state index is 0.0556. The second-order valence-electron chi connectivity index (χ2n) is 6.84. The van der Waals surface area contributed by atoms with Gasteiger partial charge in [0.2, 0.25) is 0 Å². The Bertz CT molecular complexity index is 803. The minimum Gasteiger partial charge on any atom is -0.289 e. The van der Waals surface area contributed by atoms with E-state index in [1.807, 2.05) is 60.7 Å². The summed E-state index contributed by atoms with van der Waals surface area (Å²) in [5, 5.41) is 0. The van der Waals surface area contributed by atoms with Crippen molar-refractivity contribution < 1.29 is 4.79 Å². The molecule has 0 saturated heterocycles. The number of carbonyl (C=O) groups excluding carboxylic acids is 1. The Morgan fingerprint density at radius 1 is 0.885 bits per heavy atom. The van der Waals surface area contributed by atoms with Gasteiger partial charge < -0.3 is 0 Å². The number of ketones is 1. The van der Waals surface area contributed by atoms with Gasteiger partial charge in [-0.2, -0.15) is 0 Å². The van der Waals surface area contributed by atoms with Crippen LogP contribution < -0.4 is 0 Å². The van der Waals surface area contributed by atoms with E-state index in [0.717, 1.165) is 36.0 Å². The van der Waals surface area contributed by atoms with Crippen molar-refractivity contribution in [3.05, 3.63) is 101 Å². The Kier molecular flexibility index (Phi) is 7.82. The number of allylic oxidation sites excluding steroid dienone is 5. The van der Waals surface area contributed by atoms with Crippen LogP contribution in [0.4, 0.5) is 0 Å². The van der Waals surface area contributed by atoms with Crippen molar-refractivity contribution in [1.82, 2.24) is 0 Å². The van der Waals surface area contributed by atoms with Gasteiger partial charge in [0.1, 0.15) is 0 Å². The van der Waals surface area contributed by atoms with Crippen LogP contribution in [-0.2, 0) is 6.42 Å². The molecule has 0 heterocycles. The van der Waals surface area contributed by atoms with Crippen LogP contribution in [0.1, 0.15) is 55.1 Å². The maximum atomic E-state index is 12.6. The largest absolute Gasteiger partial charge is 0.289 e. The van der Waals surface area contributed by atoms with Crippen molar-refractivity contribution in [3.63, 3.8) is 0 Å². The van der Waals surface area contributed by atoms with E-state index in [2.05, 4.69) is 32.9 Å². The van der Waals surface area contributed by atoms with Crippen molar-refractivity contribution in [2.45, 2.75) is 40.0 Å². The highest BCUT2D eigenvalue weighted by Crippen LogP contribution is 2.15. The average Bonchev–Trinajstić information content (AvgIpc) is 2.65. The van der Waals surface area contributed by atoms with Gasteiger partial charge in [-0.25, -0.2) is 0 Å². The molecule has 1 heteroatoms. The zero-order valence-electron chi connectivity index (χ0n) is 16.0. The summed E-state index contributed by atoms with van der Waals surface area (Å²) in [6, 6.07) is 17.8. The molecular formula is C25H28O. The molecule has 0 aliphatic carbocycles. The number of benzene rings is 2. The average molecular weight is 344 g/mol. The van der Waals surface area contributed by atoms with Crippen LogP contribution in [0.2, 0.25) is 0 Å². The molecule has 0 amide bonds. The fourth-order valence-corrected chi connectivity index (χ4v) is 2.74. The van der Waals surface area contributed by atoms with E-state index in [9.17, 15) is 4.79 Å². The number of rotatable bonds is 8. The molecule has 2 aromatic rings. The van der Waals surface area contributed by atoms with Gasteiger partial charge in [0.25, 0.3) is 0 Å². The number of hydrogen-bond donors (Lipinski definition) is 0. The zero-order chi connectivity index (χ0) is 18.8. The molecule has 0 fully saturated rings. The maximum Gasteiger partial charge on any atom is 0.186 e. The molecule has 0 spiro atoms. The van der Waals surface area contributed by atoms with Crippen LogP contribution in [0.5, 0.6) is 0 Å². The third-order valence-corrected chi connectivity index (χ3v) is 4.27. The summed E-state index contributed by atoms with van der Waals surface area (Å²) in [6.45, 7) is 6.42. The molecule has 0 radical (unpaired) electrons. The van der Waals surface area contributed by atoms with Gasteiger partial charge in [0, 0.05) is 5.56 Å². The second kappa shape index (κ2) is 10.4. The van der Waals surface area contributed by atoms with Crippen molar-refractivity contribution in [2.24, 2.45) is 0 Å². The molecule has 0 N–H and O–H groups in total. The molecule has 0 aliphatic rings. The first-order valence-electron chi connectivity index (χ1n) is 9.20. The van der Waals surface area contributed by atoms with Crippen LogP contribution in [0.3, 0.4) is 0 Å². The van der Waals surface area contributed by atoms with E-state index in [1.54, 1.807) is 6.08 Å². The highest BCUT2D eigenvalue weighted by atomic mass is 16.1. The summed E-state index contributed by atoms with van der Waals surface area (Å²) in [5.74, 6) is 0.0556. The second-order valence-corrected chi connectivity index (χ2v) is 6.84. The summed E-state index contributed by atoms with van der Waals surface area (Å²) < 4.78 is 0. The Morgan fingerprint density at radius 2 is 1.58 bits per heavy atom. The molecular weight excluding hydrogens is 316 g/mol. The fraction of sp³-hybridized carbons (Fsp3) is 0.240. The monoisotopic (exact) mass is 344 g/mol. The molecule has 0 unspecified atom stereocenters. The van der Waals surface area contributed by atoms with Gasteiger partial charge in [-0.05, 0) is 57.2 Å². The lowest BCUT2D eigenvalue weighted by molar-refractivity contribution is 0.104. The number of hydrogen-bond acceptors (Lipinski definition) is 1. The molecule has 0 saturated carbocycles. The quantitative estimate of drug-likeness (QED) is 0.292. The Hall–Kier alpha value is -2.67. The molecule has 0 aromatic heterocycles. The smallest absolute Gasteiger partial charge is 0.186 e. The van der Waals surface area contributed by atoms with Gasteiger partial charge >= 0.3 is 0 Å². The predicted molar refractivity (Wildman–Crippen MR) is 112 cm³/mol. The normalized spacial score (nSPS) is 11.6. The van der Waals surface area contributed by atoms with E-state index in [1.165, 1.54) is 11.1 Å². The highest BCUT2D eigenvalue weighted by molar-refractivity contribution is 6.07. The minimum atomic E-state index is 0.0556. The van der Waals surface area contributed by atoms with Crippen LogP contribution in [-0.4, -0.2) is 5.78 Å². The summed E-state index contributed by atoms with van der Waals surface area (Å²) in [7, 11) is 0. The maximum absolute atomic E-state index is 12.6. The van der Waals surface area contributed by atoms with Crippen molar-refractivity contribution in [3.8, 4) is 0 Å². The first kappa shape index (κ1) is 19.7. The first-order valence-corrected chi connectivity index (χ1v) is 9.20. The van der Waals surface area contributed by atoms with Crippen molar-refractivity contribution in [2.75, 3.05) is 0 Å². The summed E-state index contributed by atoms with van der Waals surface area (Å²) in [6.07, 6.45) is 11.0. The third-order valence-electron chi connectivity index (χ3n) is 4.27. The van der Waals surface area contributed by atoms with E-state index in [0.29, 0.717) is 0 Å². The van der Waals surface area contributed by atoms with Crippen LogP contribution in [0, 0.1) is 0 Å². The molecule has 26 heavy (non-hydrogen) atoms. The van der Waals surface area contributed by atoms with Gasteiger partial charge in [-0.1, -0.05) is 84.0 Å². The molecule has 0 atom stereocenters. The van der Waals surface area contributed by atoms with Gasteiger partial charge in [0.15, 0.2) is 5.78 Å². The summed E-state index contributed by atoms with van der Waals surface area (Å²) in [4.78, 5) is 12.6. The van der Waals surface area contributed by atoms with E-state index in [4.69, 9.17) is 0 Å².